The molecule has 10 heteroatoms. The average molecular weight is 468 g/mol. The molecule has 0 unspecified atom stereocenters. The summed E-state index contributed by atoms with van der Waals surface area (Å²) in [4.78, 5) is 22.3. The molecule has 180 valence electrons. The number of alkyl halides is 3. The van der Waals surface area contributed by atoms with Gasteiger partial charge in [0.05, 0.1) is 19.2 Å². The highest BCUT2D eigenvalue weighted by molar-refractivity contribution is 5.76. The van der Waals surface area contributed by atoms with E-state index in [9.17, 15) is 22.4 Å². The van der Waals surface area contributed by atoms with Crippen LogP contribution in [0.3, 0.4) is 0 Å². The maximum absolute atomic E-state index is 14.4. The highest BCUT2D eigenvalue weighted by Crippen LogP contribution is 2.28. The third-order valence-electron chi connectivity index (χ3n) is 5.58. The molecule has 0 radical (unpaired) electrons. The third kappa shape index (κ3) is 7.03. The molecule has 1 aliphatic rings. The van der Waals surface area contributed by atoms with Crippen molar-refractivity contribution in [2.75, 3.05) is 36.5 Å². The minimum absolute atomic E-state index is 0.0373. The number of aromatic nitrogens is 2. The van der Waals surface area contributed by atoms with Crippen LogP contribution in [-0.4, -0.2) is 54.7 Å². The van der Waals surface area contributed by atoms with Crippen molar-refractivity contribution in [3.8, 4) is 5.75 Å². The monoisotopic (exact) mass is 468 g/mol. The van der Waals surface area contributed by atoms with Crippen molar-refractivity contribution in [1.29, 1.82) is 0 Å². The van der Waals surface area contributed by atoms with E-state index in [2.05, 4.69) is 9.97 Å². The molecule has 0 N–H and O–H groups in total. The molecular formula is C23H28F4N4O2. The molecule has 6 nitrogen and oxygen atoms in total. The third-order valence-corrected chi connectivity index (χ3v) is 5.58. The van der Waals surface area contributed by atoms with E-state index in [-0.39, 0.29) is 36.1 Å². The number of ketones is 1. The van der Waals surface area contributed by atoms with Crippen LogP contribution in [0.2, 0.25) is 0 Å². The summed E-state index contributed by atoms with van der Waals surface area (Å²) in [6.07, 6.45) is -3.38. The summed E-state index contributed by atoms with van der Waals surface area (Å²) in [6.45, 7) is 4.14. The molecular weight excluding hydrogens is 440 g/mol. The molecule has 1 aromatic heterocycles. The van der Waals surface area contributed by atoms with Crippen LogP contribution < -0.4 is 14.5 Å². The predicted molar refractivity (Wildman–Crippen MR) is 117 cm³/mol. The lowest BCUT2D eigenvalue weighted by Gasteiger charge is -2.22. The lowest BCUT2D eigenvalue weighted by molar-refractivity contribution is -0.132. The van der Waals surface area contributed by atoms with Crippen molar-refractivity contribution in [2.24, 2.45) is 0 Å². The molecule has 1 saturated heterocycles. The maximum atomic E-state index is 14.4. The second kappa shape index (κ2) is 10.4. The molecule has 0 spiro atoms. The van der Waals surface area contributed by atoms with Gasteiger partial charge in [-0.2, -0.15) is 18.2 Å². The van der Waals surface area contributed by atoms with Crippen molar-refractivity contribution in [2.45, 2.75) is 51.3 Å². The first kappa shape index (κ1) is 24.7. The summed E-state index contributed by atoms with van der Waals surface area (Å²) in [6, 6.07) is 7.58. The molecule has 2 heterocycles. The lowest BCUT2D eigenvalue weighted by Crippen LogP contribution is -2.29. The van der Waals surface area contributed by atoms with E-state index in [1.54, 1.807) is 11.8 Å². The van der Waals surface area contributed by atoms with Gasteiger partial charge in [-0.15, -0.1) is 0 Å². The minimum atomic E-state index is -4.29. The average Bonchev–Trinajstić information content (AvgIpc) is 3.20. The molecule has 3 rings (SSSR count). The number of rotatable bonds is 9. The zero-order chi connectivity index (χ0) is 24.2. The summed E-state index contributed by atoms with van der Waals surface area (Å²) < 4.78 is 57.9. The fourth-order valence-corrected chi connectivity index (χ4v) is 3.78. The summed E-state index contributed by atoms with van der Waals surface area (Å²) >= 11 is 0. The topological polar surface area (TPSA) is 58.6 Å². The number of anilines is 2. The number of hydrogen-bond acceptors (Lipinski definition) is 6. The van der Waals surface area contributed by atoms with Gasteiger partial charge in [0, 0.05) is 33.0 Å². The first-order chi connectivity index (χ1) is 15.5. The van der Waals surface area contributed by atoms with Crippen LogP contribution in [-0.2, 0) is 4.79 Å². The van der Waals surface area contributed by atoms with E-state index in [1.165, 1.54) is 11.9 Å². The van der Waals surface area contributed by atoms with Crippen LogP contribution in [0.4, 0.5) is 29.3 Å². The summed E-state index contributed by atoms with van der Waals surface area (Å²) in [7, 11) is 1.44. The first-order valence-corrected chi connectivity index (χ1v) is 10.8. The minimum Gasteiger partial charge on any atom is -0.489 e. The Hall–Kier alpha value is -2.91. The van der Waals surface area contributed by atoms with Crippen molar-refractivity contribution in [1.82, 2.24) is 9.97 Å². The molecule has 1 aliphatic heterocycles. The quantitative estimate of drug-likeness (QED) is 0.496. The molecule has 0 bridgehead atoms. The largest absolute Gasteiger partial charge is 0.489 e. The molecule has 1 fully saturated rings. The molecule has 1 aromatic carbocycles. The van der Waals surface area contributed by atoms with Crippen molar-refractivity contribution >= 4 is 17.5 Å². The Morgan fingerprint density at radius 3 is 2.64 bits per heavy atom. The fourth-order valence-electron chi connectivity index (χ4n) is 3.78. The molecule has 0 aliphatic carbocycles. The molecule has 0 saturated carbocycles. The predicted octanol–water partition coefficient (Wildman–Crippen LogP) is 4.74. The molecule has 2 aromatic rings. The van der Waals surface area contributed by atoms with E-state index in [1.807, 2.05) is 31.2 Å². The van der Waals surface area contributed by atoms with E-state index in [0.717, 1.165) is 11.8 Å². The Morgan fingerprint density at radius 1 is 1.30 bits per heavy atom. The van der Waals surface area contributed by atoms with Gasteiger partial charge >= 0.3 is 6.18 Å². The van der Waals surface area contributed by atoms with Gasteiger partial charge in [-0.25, -0.2) is 9.37 Å². The van der Waals surface area contributed by atoms with Crippen molar-refractivity contribution in [3.05, 3.63) is 41.8 Å². The molecule has 0 amide bonds. The van der Waals surface area contributed by atoms with Crippen LogP contribution in [0.25, 0.3) is 0 Å². The van der Waals surface area contributed by atoms with Crippen LogP contribution in [0.5, 0.6) is 5.75 Å². The summed E-state index contributed by atoms with van der Waals surface area (Å²) in [5.74, 6) is 0.403. The van der Waals surface area contributed by atoms with Gasteiger partial charge in [0.2, 0.25) is 5.95 Å². The standard InChI is InChI=1S/C23H28F4N4O2/c1-15(12-16(2)32)17-4-6-18(7-5-17)33-19-8-10-31(14-19)21-20(24)13-28-22(29-21)30(3)11-9-23(25,26)27/h4-7,13,15,19H,8-12,14H2,1-3H3/t15-,19-/m1/s1. The fraction of sp³-hybridized carbons (Fsp3) is 0.522. The van der Waals surface area contributed by atoms with E-state index in [0.29, 0.717) is 31.7 Å². The number of Topliss-reactive ketones (excluding diaryl/α,β-unsaturated/α-hetero) is 1. The summed E-state index contributed by atoms with van der Waals surface area (Å²) in [5, 5.41) is 0. The Balaban J connectivity index is 1.61. The second-order valence-electron chi connectivity index (χ2n) is 8.48. The van der Waals surface area contributed by atoms with Crippen molar-refractivity contribution in [3.63, 3.8) is 0 Å². The normalized spacial score (nSPS) is 17.2. The van der Waals surface area contributed by atoms with Gasteiger partial charge in [0.15, 0.2) is 11.6 Å². The smallest absolute Gasteiger partial charge is 0.390 e. The van der Waals surface area contributed by atoms with Gasteiger partial charge in [0.1, 0.15) is 17.6 Å². The Morgan fingerprint density at radius 2 is 2.00 bits per heavy atom. The van der Waals surface area contributed by atoms with E-state index >= 15 is 0 Å². The van der Waals surface area contributed by atoms with E-state index in [4.69, 9.17) is 4.74 Å². The van der Waals surface area contributed by atoms with Gasteiger partial charge in [-0.1, -0.05) is 19.1 Å². The zero-order valence-electron chi connectivity index (χ0n) is 18.9. The SMILES string of the molecule is CC(=O)C[C@@H](C)c1ccc(O[C@@H]2CCN(c3nc(N(C)CCC(F)(F)F)ncc3F)C2)cc1. The Labute approximate surface area is 190 Å². The number of carbonyl (C=O) groups excluding carboxylic acids is 1. The van der Waals surface area contributed by atoms with Crippen LogP contribution in [0.1, 0.15) is 44.6 Å². The summed E-state index contributed by atoms with van der Waals surface area (Å²) in [5.41, 5.74) is 1.05. The number of benzene rings is 1. The van der Waals surface area contributed by atoms with Crippen LogP contribution >= 0.6 is 0 Å². The van der Waals surface area contributed by atoms with Crippen molar-refractivity contribution < 1.29 is 27.1 Å². The number of carbonyl (C=O) groups is 1. The molecule has 33 heavy (non-hydrogen) atoms. The molecule has 2 atom stereocenters. The van der Waals surface area contributed by atoms with Gasteiger partial charge in [-0.05, 0) is 30.5 Å². The van der Waals surface area contributed by atoms with Gasteiger partial charge in [-0.3, -0.25) is 0 Å². The number of ether oxygens (including phenoxy) is 1. The number of halogens is 4. The second-order valence-corrected chi connectivity index (χ2v) is 8.48. The maximum Gasteiger partial charge on any atom is 0.390 e. The van der Waals surface area contributed by atoms with Gasteiger partial charge in [0.25, 0.3) is 0 Å². The Bertz CT molecular complexity index is 952. The highest BCUT2D eigenvalue weighted by Gasteiger charge is 2.30. The first-order valence-electron chi connectivity index (χ1n) is 10.8. The van der Waals surface area contributed by atoms with Gasteiger partial charge < -0.3 is 19.3 Å². The zero-order valence-corrected chi connectivity index (χ0v) is 18.9. The van der Waals surface area contributed by atoms with Crippen LogP contribution in [0, 0.1) is 5.82 Å². The van der Waals surface area contributed by atoms with E-state index < -0.39 is 18.4 Å². The number of hydrogen-bond donors (Lipinski definition) is 0. The highest BCUT2D eigenvalue weighted by atomic mass is 19.4. The lowest BCUT2D eigenvalue weighted by atomic mass is 9.96. The number of nitrogens with zero attached hydrogens (tertiary/aromatic N) is 4. The van der Waals surface area contributed by atoms with Crippen LogP contribution in [0.15, 0.2) is 30.5 Å². The Kier molecular flexibility index (Phi) is 7.76.